The maximum Gasteiger partial charge on any atom is 0.301 e. The van der Waals surface area contributed by atoms with Crippen LogP contribution in [0.2, 0.25) is 5.02 Å². The van der Waals surface area contributed by atoms with Crippen molar-refractivity contribution in [1.29, 1.82) is 0 Å². The summed E-state index contributed by atoms with van der Waals surface area (Å²) in [6.07, 6.45) is 0.842. The van der Waals surface area contributed by atoms with Crippen LogP contribution in [0.15, 0.2) is 82.7 Å². The lowest BCUT2D eigenvalue weighted by atomic mass is 9.94. The highest BCUT2D eigenvalue weighted by atomic mass is 35.5. The van der Waals surface area contributed by atoms with Crippen LogP contribution in [0, 0.1) is 0 Å². The van der Waals surface area contributed by atoms with Gasteiger partial charge in [0, 0.05) is 16.3 Å². The van der Waals surface area contributed by atoms with E-state index in [9.17, 15) is 14.7 Å². The van der Waals surface area contributed by atoms with Gasteiger partial charge >= 0.3 is 5.91 Å². The Labute approximate surface area is 239 Å². The number of hydrogen-bond donors (Lipinski definition) is 1. The molecule has 1 aliphatic heterocycles. The highest BCUT2D eigenvalue weighted by Gasteiger charge is 2.48. The van der Waals surface area contributed by atoms with Crippen molar-refractivity contribution in [2.75, 3.05) is 12.0 Å². The number of carbonyl (C=O) groups is 2. The number of thioether (sulfide) groups is 1. The van der Waals surface area contributed by atoms with E-state index in [2.05, 4.69) is 10.2 Å². The van der Waals surface area contributed by atoms with Crippen molar-refractivity contribution in [3.8, 4) is 5.75 Å². The first-order valence-electron chi connectivity index (χ1n) is 12.1. The normalized spacial score (nSPS) is 16.6. The molecule has 0 aliphatic carbocycles. The molecule has 1 amide bonds. The van der Waals surface area contributed by atoms with Gasteiger partial charge in [0.2, 0.25) is 5.13 Å². The van der Waals surface area contributed by atoms with Crippen molar-refractivity contribution in [3.05, 3.63) is 106 Å². The van der Waals surface area contributed by atoms with Gasteiger partial charge in [-0.3, -0.25) is 14.5 Å². The van der Waals surface area contributed by atoms with Crippen LogP contribution in [0.25, 0.3) is 5.76 Å². The van der Waals surface area contributed by atoms with Crippen LogP contribution >= 0.6 is 34.7 Å². The third kappa shape index (κ3) is 5.43. The molecule has 5 rings (SSSR count). The number of amides is 1. The number of halogens is 1. The van der Waals surface area contributed by atoms with Gasteiger partial charge in [0.15, 0.2) is 4.34 Å². The van der Waals surface area contributed by atoms with Gasteiger partial charge in [-0.2, -0.15) is 0 Å². The number of Topliss-reactive ketones (excluding diaryl/α,β-unsaturated/α-hetero) is 1. The largest absolute Gasteiger partial charge is 0.507 e. The van der Waals surface area contributed by atoms with Gasteiger partial charge in [0.05, 0.1) is 18.7 Å². The maximum absolute atomic E-state index is 13.4. The van der Waals surface area contributed by atoms with Crippen molar-refractivity contribution < 1.29 is 19.4 Å². The molecule has 4 aromatic rings. The molecule has 1 atom stereocenters. The minimum Gasteiger partial charge on any atom is -0.507 e. The van der Waals surface area contributed by atoms with Gasteiger partial charge in [-0.1, -0.05) is 84.1 Å². The molecule has 1 unspecified atom stereocenters. The van der Waals surface area contributed by atoms with Crippen molar-refractivity contribution in [1.82, 2.24) is 10.2 Å². The average molecular weight is 578 g/mol. The third-order valence-electron chi connectivity index (χ3n) is 6.42. The summed E-state index contributed by atoms with van der Waals surface area (Å²) >= 11 is 8.94. The Bertz CT molecular complexity index is 1550. The highest BCUT2D eigenvalue weighted by Crippen LogP contribution is 2.44. The molecule has 1 fully saturated rings. The standard InChI is InChI=1S/C29H24ClN3O4S2/c1-3-17-8-10-18(11-9-17)24-23(25(34)19-12-14-21(37-2)15-13-19)26(35)27(36)33(24)28-31-32-29(39-28)38-16-20-6-4-5-7-22(20)30/h4-15,24,34H,3,16H2,1-2H3/b25-23-. The third-order valence-corrected chi connectivity index (χ3v) is 8.90. The molecule has 1 aliphatic rings. The molecule has 198 valence electrons. The molecule has 0 spiro atoms. The van der Waals surface area contributed by atoms with E-state index in [1.54, 1.807) is 31.4 Å². The maximum atomic E-state index is 13.4. The first kappa shape index (κ1) is 26.9. The van der Waals surface area contributed by atoms with Crippen molar-refractivity contribution in [2.24, 2.45) is 0 Å². The van der Waals surface area contributed by atoms with Crippen LogP contribution in [-0.2, 0) is 21.8 Å². The smallest absolute Gasteiger partial charge is 0.301 e. The Morgan fingerprint density at radius 2 is 1.77 bits per heavy atom. The fourth-order valence-corrected chi connectivity index (χ4v) is 6.45. The van der Waals surface area contributed by atoms with Crippen molar-refractivity contribution in [3.63, 3.8) is 0 Å². The minimum absolute atomic E-state index is 0.00474. The lowest BCUT2D eigenvalue weighted by molar-refractivity contribution is -0.132. The topological polar surface area (TPSA) is 92.6 Å². The Kier molecular flexibility index (Phi) is 8.02. The summed E-state index contributed by atoms with van der Waals surface area (Å²) in [4.78, 5) is 28.1. The molecular formula is C29H24ClN3O4S2. The molecule has 2 heterocycles. The summed E-state index contributed by atoms with van der Waals surface area (Å²) in [5.41, 5.74) is 3.14. The molecule has 0 saturated carbocycles. The lowest BCUT2D eigenvalue weighted by Gasteiger charge is -2.22. The molecule has 1 saturated heterocycles. The van der Waals surface area contributed by atoms with Gasteiger partial charge in [-0.15, -0.1) is 10.2 Å². The van der Waals surface area contributed by atoms with Gasteiger partial charge in [0.25, 0.3) is 5.78 Å². The molecule has 39 heavy (non-hydrogen) atoms. The number of ketones is 1. The van der Waals surface area contributed by atoms with Gasteiger partial charge in [-0.25, -0.2) is 0 Å². The second kappa shape index (κ2) is 11.6. The van der Waals surface area contributed by atoms with Crippen molar-refractivity contribution in [2.45, 2.75) is 29.5 Å². The number of aryl methyl sites for hydroxylation is 1. The predicted octanol–water partition coefficient (Wildman–Crippen LogP) is 6.68. The number of ether oxygens (including phenoxy) is 1. The summed E-state index contributed by atoms with van der Waals surface area (Å²) in [6, 6.07) is 21.0. The van der Waals surface area contributed by atoms with Crippen LogP contribution in [0.5, 0.6) is 5.75 Å². The lowest BCUT2D eigenvalue weighted by Crippen LogP contribution is -2.29. The zero-order chi connectivity index (χ0) is 27.5. The zero-order valence-electron chi connectivity index (χ0n) is 21.1. The van der Waals surface area contributed by atoms with Gasteiger partial charge in [-0.05, 0) is 53.4 Å². The number of methoxy groups -OCH3 is 1. The number of rotatable bonds is 8. The van der Waals surface area contributed by atoms with Crippen LogP contribution in [0.3, 0.4) is 0 Å². The van der Waals surface area contributed by atoms with E-state index >= 15 is 0 Å². The number of carbonyl (C=O) groups excluding carboxylic acids is 2. The minimum atomic E-state index is -0.868. The summed E-state index contributed by atoms with van der Waals surface area (Å²) in [5.74, 6) is -0.635. The van der Waals surface area contributed by atoms with Crippen LogP contribution in [-0.4, -0.2) is 34.1 Å². The quantitative estimate of drug-likeness (QED) is 0.0820. The molecule has 1 aromatic heterocycles. The van der Waals surface area contributed by atoms with E-state index in [0.717, 1.165) is 17.5 Å². The summed E-state index contributed by atoms with van der Waals surface area (Å²) in [6.45, 7) is 2.05. The van der Waals surface area contributed by atoms with Crippen LogP contribution in [0.1, 0.15) is 35.2 Å². The number of aliphatic hydroxyl groups excluding tert-OH is 1. The number of anilines is 1. The van der Waals surface area contributed by atoms with E-state index in [1.165, 1.54) is 28.0 Å². The molecule has 0 radical (unpaired) electrons. The molecule has 10 heteroatoms. The van der Waals surface area contributed by atoms with Crippen LogP contribution < -0.4 is 9.64 Å². The monoisotopic (exact) mass is 577 g/mol. The van der Waals surface area contributed by atoms with Crippen molar-refractivity contribution >= 4 is 57.3 Å². The number of nitrogens with zero attached hydrogens (tertiary/aromatic N) is 3. The highest BCUT2D eigenvalue weighted by molar-refractivity contribution is 8.00. The fraction of sp³-hybridized carbons (Fsp3) is 0.172. The van der Waals surface area contributed by atoms with Gasteiger partial charge < -0.3 is 9.84 Å². The zero-order valence-corrected chi connectivity index (χ0v) is 23.5. The Balaban J connectivity index is 1.54. The van der Waals surface area contributed by atoms with E-state index in [0.29, 0.717) is 32.0 Å². The second-order valence-corrected chi connectivity index (χ2v) is 11.3. The van der Waals surface area contributed by atoms with Gasteiger partial charge in [0.1, 0.15) is 11.5 Å². The number of hydrogen-bond acceptors (Lipinski definition) is 8. The summed E-state index contributed by atoms with van der Waals surface area (Å²) in [5, 5.41) is 20.8. The van der Waals surface area contributed by atoms with E-state index < -0.39 is 17.7 Å². The molecule has 1 N–H and O–H groups in total. The van der Waals surface area contributed by atoms with E-state index in [1.807, 2.05) is 55.5 Å². The summed E-state index contributed by atoms with van der Waals surface area (Å²) < 4.78 is 5.83. The predicted molar refractivity (Wildman–Crippen MR) is 155 cm³/mol. The number of aromatic nitrogens is 2. The fourth-order valence-electron chi connectivity index (χ4n) is 4.30. The van der Waals surface area contributed by atoms with E-state index in [-0.39, 0.29) is 16.5 Å². The number of benzene rings is 3. The van der Waals surface area contributed by atoms with E-state index in [4.69, 9.17) is 16.3 Å². The average Bonchev–Trinajstić information content (AvgIpc) is 3.54. The Hall–Kier alpha value is -3.66. The first-order valence-corrected chi connectivity index (χ1v) is 14.3. The second-order valence-electron chi connectivity index (χ2n) is 8.72. The SMILES string of the molecule is CCc1ccc(C2/C(=C(/O)c3ccc(OC)cc3)C(=O)C(=O)N2c2nnc(SCc3ccccc3Cl)s2)cc1. The molecule has 3 aromatic carbocycles. The Morgan fingerprint density at radius 3 is 2.44 bits per heavy atom. The van der Waals surface area contributed by atoms with Crippen LogP contribution in [0.4, 0.5) is 5.13 Å². The number of aliphatic hydroxyl groups is 1. The molecular weight excluding hydrogens is 554 g/mol. The first-order chi connectivity index (χ1) is 18.9. The molecule has 7 nitrogen and oxygen atoms in total. The summed E-state index contributed by atoms with van der Waals surface area (Å²) in [7, 11) is 1.55. The Morgan fingerprint density at radius 1 is 1.05 bits per heavy atom. The molecule has 0 bridgehead atoms.